The van der Waals surface area contributed by atoms with Crippen LogP contribution in [0.2, 0.25) is 5.02 Å². The van der Waals surface area contributed by atoms with Crippen molar-refractivity contribution in [1.82, 2.24) is 0 Å². The largest absolute Gasteiger partial charge is 0.298 e. The van der Waals surface area contributed by atoms with Gasteiger partial charge in [-0.15, -0.1) is 0 Å². The first-order valence-electron chi connectivity index (χ1n) is 2.86. The minimum absolute atomic E-state index is 0.158. The van der Waals surface area contributed by atoms with Gasteiger partial charge in [0.2, 0.25) is 0 Å². The van der Waals surface area contributed by atoms with E-state index in [1.54, 1.807) is 0 Å². The Morgan fingerprint density at radius 1 is 1.42 bits per heavy atom. The quantitative estimate of drug-likeness (QED) is 0.428. The van der Waals surface area contributed by atoms with Crippen LogP contribution in [0.5, 0.6) is 0 Å². The van der Waals surface area contributed by atoms with E-state index in [0.29, 0.717) is 0 Å². The minimum atomic E-state index is -1.22. The number of hydrogen-bond acceptors (Lipinski definition) is 1. The predicted octanol–water partition coefficient (Wildman–Crippen LogP) is 3.19. The first kappa shape index (κ1) is 9.61. The smallest absolute Gasteiger partial charge is 0.179 e. The molecule has 0 fully saturated rings. The average Bonchev–Trinajstić information content (AvgIpc) is 2.08. The Labute approximate surface area is 80.5 Å². The second kappa shape index (κ2) is 3.49. The monoisotopic (exact) mass is 254 g/mol. The van der Waals surface area contributed by atoms with Gasteiger partial charge in [0.25, 0.3) is 0 Å². The highest BCUT2D eigenvalue weighted by atomic mass is 79.9. The Kier molecular flexibility index (Phi) is 2.80. The molecule has 0 aliphatic carbocycles. The lowest BCUT2D eigenvalue weighted by atomic mass is 10.2. The maximum Gasteiger partial charge on any atom is 0.179 e. The number of halogens is 4. The molecule has 1 nitrogen and oxygen atoms in total. The van der Waals surface area contributed by atoms with Gasteiger partial charge in [0.1, 0.15) is 0 Å². The third-order valence-electron chi connectivity index (χ3n) is 1.26. The molecule has 0 N–H and O–H groups in total. The molecule has 0 atom stereocenters. The highest BCUT2D eigenvalue weighted by Gasteiger charge is 2.14. The van der Waals surface area contributed by atoms with Crippen molar-refractivity contribution >= 4 is 33.8 Å². The van der Waals surface area contributed by atoms with Crippen LogP contribution in [0.15, 0.2) is 10.5 Å². The topological polar surface area (TPSA) is 17.1 Å². The lowest BCUT2D eigenvalue weighted by Gasteiger charge is -2.00. The summed E-state index contributed by atoms with van der Waals surface area (Å²) in [5, 5.41) is -0.363. The van der Waals surface area contributed by atoms with Crippen molar-refractivity contribution in [3.63, 3.8) is 0 Å². The van der Waals surface area contributed by atoms with Crippen LogP contribution in [0.25, 0.3) is 0 Å². The van der Waals surface area contributed by atoms with Crippen molar-refractivity contribution in [3.8, 4) is 0 Å². The molecule has 0 saturated heterocycles. The summed E-state index contributed by atoms with van der Waals surface area (Å²) in [5.41, 5.74) is -0.358. The van der Waals surface area contributed by atoms with Crippen LogP contribution in [0.1, 0.15) is 10.4 Å². The molecule has 12 heavy (non-hydrogen) atoms. The molecule has 5 heteroatoms. The van der Waals surface area contributed by atoms with Crippen LogP contribution in [0.3, 0.4) is 0 Å². The van der Waals surface area contributed by atoms with Gasteiger partial charge in [0, 0.05) is 4.47 Å². The van der Waals surface area contributed by atoms with Crippen LogP contribution < -0.4 is 0 Å². The molecule has 1 rings (SSSR count). The first-order valence-corrected chi connectivity index (χ1v) is 4.03. The van der Waals surface area contributed by atoms with Crippen LogP contribution in [-0.2, 0) is 0 Å². The van der Waals surface area contributed by atoms with Gasteiger partial charge >= 0.3 is 0 Å². The summed E-state index contributed by atoms with van der Waals surface area (Å²) in [6.45, 7) is 0. The van der Waals surface area contributed by atoms with E-state index in [1.165, 1.54) is 0 Å². The van der Waals surface area contributed by atoms with Crippen molar-refractivity contribution in [3.05, 3.63) is 32.8 Å². The molecule has 0 saturated carbocycles. The minimum Gasteiger partial charge on any atom is -0.298 e. The Bertz CT molecular complexity index is 341. The third-order valence-corrected chi connectivity index (χ3v) is 2.48. The fourth-order valence-corrected chi connectivity index (χ4v) is 1.24. The maximum absolute atomic E-state index is 12.7. The van der Waals surface area contributed by atoms with Gasteiger partial charge in [-0.1, -0.05) is 11.6 Å². The molecule has 64 valence electrons. The van der Waals surface area contributed by atoms with Gasteiger partial charge in [-0.2, -0.15) is 0 Å². The molecule has 0 spiro atoms. The molecule has 0 aliphatic rings. The number of benzene rings is 1. The molecule has 1 aromatic carbocycles. The van der Waals surface area contributed by atoms with Crippen molar-refractivity contribution in [2.45, 2.75) is 0 Å². The Balaban J connectivity index is 3.49. The van der Waals surface area contributed by atoms with Crippen LogP contribution in [-0.4, -0.2) is 6.29 Å². The molecular weight excluding hydrogens is 253 g/mol. The van der Waals surface area contributed by atoms with E-state index in [4.69, 9.17) is 11.6 Å². The highest BCUT2D eigenvalue weighted by molar-refractivity contribution is 9.10. The molecule has 0 unspecified atom stereocenters. The summed E-state index contributed by atoms with van der Waals surface area (Å²) in [5.74, 6) is -2.44. The average molecular weight is 255 g/mol. The van der Waals surface area contributed by atoms with Crippen molar-refractivity contribution in [2.75, 3.05) is 0 Å². The molecule has 0 aromatic heterocycles. The number of hydrogen-bond donors (Lipinski definition) is 0. The predicted molar refractivity (Wildman–Crippen MR) is 44.5 cm³/mol. The van der Waals surface area contributed by atoms with Crippen molar-refractivity contribution in [1.29, 1.82) is 0 Å². The Morgan fingerprint density at radius 3 is 2.50 bits per heavy atom. The first-order chi connectivity index (χ1) is 5.57. The van der Waals surface area contributed by atoms with Crippen LogP contribution in [0, 0.1) is 11.6 Å². The summed E-state index contributed by atoms with van der Waals surface area (Å²) in [7, 11) is 0. The summed E-state index contributed by atoms with van der Waals surface area (Å²) >= 11 is 8.21. The number of aldehydes is 1. The normalized spacial score (nSPS) is 10.0. The van der Waals surface area contributed by atoms with Gasteiger partial charge in [-0.25, -0.2) is 8.78 Å². The van der Waals surface area contributed by atoms with E-state index in [9.17, 15) is 13.6 Å². The van der Waals surface area contributed by atoms with Gasteiger partial charge < -0.3 is 0 Å². The van der Waals surface area contributed by atoms with Crippen molar-refractivity contribution < 1.29 is 13.6 Å². The van der Waals surface area contributed by atoms with Gasteiger partial charge in [0.05, 0.1) is 10.6 Å². The van der Waals surface area contributed by atoms with E-state index >= 15 is 0 Å². The zero-order valence-electron chi connectivity index (χ0n) is 5.57. The zero-order valence-corrected chi connectivity index (χ0v) is 7.92. The van der Waals surface area contributed by atoms with Gasteiger partial charge in [-0.3, -0.25) is 4.79 Å². The maximum atomic E-state index is 12.7. The summed E-state index contributed by atoms with van der Waals surface area (Å²) in [4.78, 5) is 10.2. The molecule has 0 radical (unpaired) electrons. The lowest BCUT2D eigenvalue weighted by Crippen LogP contribution is -1.94. The molecule has 1 aromatic rings. The van der Waals surface area contributed by atoms with E-state index < -0.39 is 11.6 Å². The molecule has 0 aliphatic heterocycles. The SMILES string of the molecule is O=Cc1cc(Br)c(Cl)c(F)c1F. The lowest BCUT2D eigenvalue weighted by molar-refractivity contribution is 0.111. The highest BCUT2D eigenvalue weighted by Crippen LogP contribution is 2.28. The van der Waals surface area contributed by atoms with E-state index in [1.807, 2.05) is 0 Å². The zero-order chi connectivity index (χ0) is 9.30. The van der Waals surface area contributed by atoms with Crippen LogP contribution >= 0.6 is 27.5 Å². The van der Waals surface area contributed by atoms with E-state index in [2.05, 4.69) is 15.9 Å². The van der Waals surface area contributed by atoms with Gasteiger partial charge in [0.15, 0.2) is 17.9 Å². The molecule has 0 amide bonds. The second-order valence-electron chi connectivity index (χ2n) is 2.01. The number of carbonyl (C=O) groups is 1. The summed E-state index contributed by atoms with van der Waals surface area (Å²) < 4.78 is 25.6. The molecule has 0 bridgehead atoms. The summed E-state index contributed by atoms with van der Waals surface area (Å²) in [6.07, 6.45) is 0.222. The third kappa shape index (κ3) is 1.49. The van der Waals surface area contributed by atoms with Crippen molar-refractivity contribution in [2.24, 2.45) is 0 Å². The number of carbonyl (C=O) groups excluding carboxylic acids is 1. The number of rotatable bonds is 1. The Hall–Kier alpha value is -0.480. The summed E-state index contributed by atoms with van der Waals surface area (Å²) in [6, 6.07) is 1.12. The fraction of sp³-hybridized carbons (Fsp3) is 0. The van der Waals surface area contributed by atoms with Gasteiger partial charge in [-0.05, 0) is 22.0 Å². The van der Waals surface area contributed by atoms with E-state index in [-0.39, 0.29) is 21.3 Å². The van der Waals surface area contributed by atoms with Crippen LogP contribution in [0.4, 0.5) is 8.78 Å². The van der Waals surface area contributed by atoms with E-state index in [0.717, 1.165) is 6.07 Å². The molecular formula is C7H2BrClF2O. The Morgan fingerprint density at radius 2 is 2.00 bits per heavy atom. The standard InChI is InChI=1S/C7H2BrClF2O/c8-4-1-3(2-12)6(10)7(11)5(4)9/h1-2H. The fourth-order valence-electron chi connectivity index (χ4n) is 0.677. The molecule has 0 heterocycles. The second-order valence-corrected chi connectivity index (χ2v) is 3.24.